The van der Waals surface area contributed by atoms with Crippen molar-refractivity contribution < 1.29 is 8.78 Å². The Kier molecular flexibility index (Phi) is 6.27. The summed E-state index contributed by atoms with van der Waals surface area (Å²) in [4.78, 5) is 0. The second kappa shape index (κ2) is 7.47. The molecule has 1 aromatic rings. The van der Waals surface area contributed by atoms with E-state index in [1.807, 2.05) is 6.92 Å². The molecule has 0 saturated heterocycles. The lowest BCUT2D eigenvalue weighted by Crippen LogP contribution is -2.21. The molecule has 1 nitrogen and oxygen atoms in total. The normalized spacial score (nSPS) is 13.0. The number of benzene rings is 1. The SMILES string of the molecule is CC(C)CCCCNC(C)c1cc(F)ccc1F. The highest BCUT2D eigenvalue weighted by Gasteiger charge is 2.11. The first-order valence-electron chi connectivity index (χ1n) is 6.69. The van der Waals surface area contributed by atoms with Gasteiger partial charge in [-0.2, -0.15) is 0 Å². The lowest BCUT2D eigenvalue weighted by molar-refractivity contribution is 0.483. The fraction of sp³-hybridized carbons (Fsp3) is 0.600. The van der Waals surface area contributed by atoms with Gasteiger partial charge in [0.25, 0.3) is 0 Å². The van der Waals surface area contributed by atoms with Gasteiger partial charge in [0.2, 0.25) is 0 Å². The van der Waals surface area contributed by atoms with Gasteiger partial charge in [-0.25, -0.2) is 8.78 Å². The molecule has 102 valence electrons. The van der Waals surface area contributed by atoms with E-state index in [9.17, 15) is 8.78 Å². The van der Waals surface area contributed by atoms with Crippen molar-refractivity contribution in [3.8, 4) is 0 Å². The van der Waals surface area contributed by atoms with Gasteiger partial charge >= 0.3 is 0 Å². The first-order valence-corrected chi connectivity index (χ1v) is 6.69. The number of rotatable bonds is 7. The first kappa shape index (κ1) is 15.1. The molecule has 0 radical (unpaired) electrons. The van der Waals surface area contributed by atoms with Gasteiger partial charge in [0, 0.05) is 11.6 Å². The van der Waals surface area contributed by atoms with E-state index in [0.29, 0.717) is 5.56 Å². The van der Waals surface area contributed by atoms with Crippen molar-refractivity contribution in [2.75, 3.05) is 6.54 Å². The Hall–Kier alpha value is -0.960. The molecule has 1 unspecified atom stereocenters. The zero-order chi connectivity index (χ0) is 13.5. The number of halogens is 2. The van der Waals surface area contributed by atoms with Crippen molar-refractivity contribution in [1.29, 1.82) is 0 Å². The zero-order valence-electron chi connectivity index (χ0n) is 11.5. The van der Waals surface area contributed by atoms with Crippen LogP contribution in [-0.4, -0.2) is 6.54 Å². The van der Waals surface area contributed by atoms with Crippen molar-refractivity contribution >= 4 is 0 Å². The van der Waals surface area contributed by atoms with Crippen molar-refractivity contribution in [2.45, 2.75) is 46.1 Å². The highest BCUT2D eigenvalue weighted by Crippen LogP contribution is 2.18. The summed E-state index contributed by atoms with van der Waals surface area (Å²) in [5, 5.41) is 3.23. The van der Waals surface area contributed by atoms with Crippen LogP contribution < -0.4 is 5.32 Å². The highest BCUT2D eigenvalue weighted by molar-refractivity contribution is 5.21. The molecule has 0 aliphatic heterocycles. The van der Waals surface area contributed by atoms with E-state index >= 15 is 0 Å². The van der Waals surface area contributed by atoms with Crippen LogP contribution in [0.1, 0.15) is 51.6 Å². The van der Waals surface area contributed by atoms with Gasteiger partial charge in [0.1, 0.15) is 11.6 Å². The largest absolute Gasteiger partial charge is 0.310 e. The van der Waals surface area contributed by atoms with E-state index in [4.69, 9.17) is 0 Å². The number of hydrogen-bond donors (Lipinski definition) is 1. The van der Waals surface area contributed by atoms with Crippen molar-refractivity contribution in [2.24, 2.45) is 5.92 Å². The van der Waals surface area contributed by atoms with Gasteiger partial charge in [-0.1, -0.05) is 26.7 Å². The van der Waals surface area contributed by atoms with E-state index in [0.717, 1.165) is 24.9 Å². The fourth-order valence-corrected chi connectivity index (χ4v) is 1.95. The number of nitrogens with one attached hydrogen (secondary N) is 1. The maximum absolute atomic E-state index is 13.5. The summed E-state index contributed by atoms with van der Waals surface area (Å²) < 4.78 is 26.5. The van der Waals surface area contributed by atoms with Gasteiger partial charge < -0.3 is 5.32 Å². The van der Waals surface area contributed by atoms with Gasteiger partial charge in [-0.05, 0) is 44.0 Å². The Bertz CT molecular complexity index is 364. The maximum Gasteiger partial charge on any atom is 0.128 e. The van der Waals surface area contributed by atoms with Crippen LogP contribution in [0.25, 0.3) is 0 Å². The summed E-state index contributed by atoms with van der Waals surface area (Å²) in [6.07, 6.45) is 3.45. The molecule has 0 heterocycles. The lowest BCUT2D eigenvalue weighted by atomic mass is 10.1. The maximum atomic E-state index is 13.5. The number of unbranched alkanes of at least 4 members (excludes halogenated alkanes) is 1. The minimum absolute atomic E-state index is 0.153. The van der Waals surface area contributed by atoms with Crippen LogP contribution in [0.5, 0.6) is 0 Å². The van der Waals surface area contributed by atoms with Gasteiger partial charge in [-0.3, -0.25) is 0 Å². The third kappa shape index (κ3) is 5.13. The zero-order valence-corrected chi connectivity index (χ0v) is 11.5. The second-order valence-corrected chi connectivity index (χ2v) is 5.23. The van der Waals surface area contributed by atoms with Crippen LogP contribution in [-0.2, 0) is 0 Å². The highest BCUT2D eigenvalue weighted by atomic mass is 19.1. The van der Waals surface area contributed by atoms with Crippen LogP contribution >= 0.6 is 0 Å². The molecule has 3 heteroatoms. The monoisotopic (exact) mass is 255 g/mol. The molecule has 0 aliphatic carbocycles. The van der Waals surface area contributed by atoms with Crippen LogP contribution in [0.3, 0.4) is 0 Å². The molecule has 0 saturated carbocycles. The van der Waals surface area contributed by atoms with E-state index in [1.165, 1.54) is 25.0 Å². The Labute approximate surface area is 109 Å². The lowest BCUT2D eigenvalue weighted by Gasteiger charge is -2.15. The summed E-state index contributed by atoms with van der Waals surface area (Å²) in [5.74, 6) is -0.0125. The quantitative estimate of drug-likeness (QED) is 0.710. The summed E-state index contributed by atoms with van der Waals surface area (Å²) in [6, 6.07) is 3.44. The summed E-state index contributed by atoms with van der Waals surface area (Å²) >= 11 is 0. The van der Waals surface area contributed by atoms with Crippen LogP contribution in [0.4, 0.5) is 8.78 Å². The summed E-state index contributed by atoms with van der Waals surface area (Å²) in [5.41, 5.74) is 0.402. The van der Waals surface area contributed by atoms with E-state index in [2.05, 4.69) is 19.2 Å². The molecule has 1 aromatic carbocycles. The van der Waals surface area contributed by atoms with Gasteiger partial charge in [0.15, 0.2) is 0 Å². The molecule has 0 amide bonds. The Balaban J connectivity index is 2.36. The summed E-state index contributed by atoms with van der Waals surface area (Å²) in [6.45, 7) is 7.11. The molecular formula is C15H23F2N. The third-order valence-corrected chi connectivity index (χ3v) is 3.08. The van der Waals surface area contributed by atoms with Gasteiger partial charge in [0.05, 0.1) is 0 Å². The van der Waals surface area contributed by atoms with E-state index in [-0.39, 0.29) is 17.7 Å². The number of hydrogen-bond acceptors (Lipinski definition) is 1. The smallest absolute Gasteiger partial charge is 0.128 e. The van der Waals surface area contributed by atoms with E-state index in [1.54, 1.807) is 0 Å². The van der Waals surface area contributed by atoms with E-state index < -0.39 is 0 Å². The average Bonchev–Trinajstić information content (AvgIpc) is 2.31. The fourth-order valence-electron chi connectivity index (χ4n) is 1.95. The van der Waals surface area contributed by atoms with Crippen molar-refractivity contribution in [3.63, 3.8) is 0 Å². The Morgan fingerprint density at radius 1 is 1.11 bits per heavy atom. The van der Waals surface area contributed by atoms with Crippen LogP contribution in [0, 0.1) is 17.6 Å². The first-order chi connectivity index (χ1) is 8.50. The predicted octanol–water partition coefficient (Wildman–Crippen LogP) is 4.44. The summed E-state index contributed by atoms with van der Waals surface area (Å²) in [7, 11) is 0. The van der Waals surface area contributed by atoms with Crippen molar-refractivity contribution in [3.05, 3.63) is 35.4 Å². The van der Waals surface area contributed by atoms with Crippen LogP contribution in [0.2, 0.25) is 0 Å². The predicted molar refractivity (Wildman–Crippen MR) is 71.5 cm³/mol. The Morgan fingerprint density at radius 2 is 1.83 bits per heavy atom. The second-order valence-electron chi connectivity index (χ2n) is 5.23. The third-order valence-electron chi connectivity index (χ3n) is 3.08. The topological polar surface area (TPSA) is 12.0 Å². The molecule has 18 heavy (non-hydrogen) atoms. The molecular weight excluding hydrogens is 232 g/mol. The molecule has 0 spiro atoms. The molecule has 0 fully saturated rings. The minimum Gasteiger partial charge on any atom is -0.310 e. The van der Waals surface area contributed by atoms with Crippen LogP contribution in [0.15, 0.2) is 18.2 Å². The molecule has 0 aromatic heterocycles. The standard InChI is InChI=1S/C15H23F2N/c1-11(2)6-4-5-9-18-12(3)14-10-13(16)7-8-15(14)17/h7-8,10-12,18H,4-6,9H2,1-3H3. The molecule has 1 N–H and O–H groups in total. The molecule has 0 bridgehead atoms. The van der Waals surface area contributed by atoms with Crippen molar-refractivity contribution in [1.82, 2.24) is 5.32 Å². The Morgan fingerprint density at radius 3 is 2.50 bits per heavy atom. The molecule has 1 atom stereocenters. The van der Waals surface area contributed by atoms with Gasteiger partial charge in [-0.15, -0.1) is 0 Å². The molecule has 1 rings (SSSR count). The molecule has 0 aliphatic rings. The average molecular weight is 255 g/mol. The minimum atomic E-state index is -0.389.